The molecule has 2 aromatic rings. The Balaban J connectivity index is 1.85. The lowest BCUT2D eigenvalue weighted by Crippen LogP contribution is -2.18. The fourth-order valence-electron chi connectivity index (χ4n) is 2.96. The van der Waals surface area contributed by atoms with Crippen molar-refractivity contribution < 1.29 is 0 Å². The molecule has 0 fully saturated rings. The van der Waals surface area contributed by atoms with Crippen LogP contribution in [0.3, 0.4) is 0 Å². The van der Waals surface area contributed by atoms with Gasteiger partial charge in [-0.2, -0.15) is 0 Å². The zero-order chi connectivity index (χ0) is 14.1. The van der Waals surface area contributed by atoms with E-state index in [2.05, 4.69) is 68.3 Å². The number of alkyl halides is 1. The van der Waals surface area contributed by atoms with Crippen molar-refractivity contribution in [3.8, 4) is 0 Å². The molecule has 0 nitrogen and oxygen atoms in total. The molecule has 0 bridgehead atoms. The fourth-order valence-corrected chi connectivity index (χ4v) is 4.36. The van der Waals surface area contributed by atoms with Crippen LogP contribution in [0.1, 0.15) is 28.5 Å². The maximum atomic E-state index is 6.78. The third-order valence-electron chi connectivity index (χ3n) is 4.05. The van der Waals surface area contributed by atoms with Gasteiger partial charge in [0.05, 0.1) is 5.38 Å². The van der Waals surface area contributed by atoms with Crippen LogP contribution in [0.2, 0.25) is 0 Å². The summed E-state index contributed by atoms with van der Waals surface area (Å²) in [5.41, 5.74) is 4.13. The summed E-state index contributed by atoms with van der Waals surface area (Å²) in [6.07, 6.45) is 3.36. The predicted molar refractivity (Wildman–Crippen MR) is 92.4 cm³/mol. The number of aryl methyl sites for hydroxylation is 1. The minimum absolute atomic E-state index is 0.0511. The number of rotatable bonds is 2. The lowest BCUT2D eigenvalue weighted by atomic mass is 9.80. The maximum absolute atomic E-state index is 6.78. The van der Waals surface area contributed by atoms with Crippen LogP contribution in [-0.2, 0) is 12.8 Å². The summed E-state index contributed by atoms with van der Waals surface area (Å²) in [5, 5.41) is 0.0511. The molecule has 1 aliphatic carbocycles. The topological polar surface area (TPSA) is 0 Å². The van der Waals surface area contributed by atoms with E-state index in [9.17, 15) is 0 Å². The molecule has 20 heavy (non-hydrogen) atoms. The maximum Gasteiger partial charge on any atom is 0.0628 e. The molecule has 0 saturated carbocycles. The zero-order valence-electron chi connectivity index (χ0n) is 11.0. The number of benzene rings is 2. The monoisotopic (exact) mass is 412 g/mol. The molecule has 2 unspecified atom stereocenters. The molecule has 0 aromatic heterocycles. The smallest absolute Gasteiger partial charge is 0.0628 e. The van der Waals surface area contributed by atoms with Gasteiger partial charge in [0, 0.05) is 8.95 Å². The van der Waals surface area contributed by atoms with Gasteiger partial charge in [0.1, 0.15) is 0 Å². The van der Waals surface area contributed by atoms with Crippen molar-refractivity contribution in [1.29, 1.82) is 0 Å². The molecule has 3 rings (SSSR count). The summed E-state index contributed by atoms with van der Waals surface area (Å²) >= 11 is 13.9. The molecule has 0 N–H and O–H groups in total. The fraction of sp³-hybridized carbons (Fsp3) is 0.294. The molecule has 2 atom stereocenters. The second kappa shape index (κ2) is 6.21. The number of fused-ring (bicyclic) bond motifs is 1. The van der Waals surface area contributed by atoms with Gasteiger partial charge < -0.3 is 0 Å². The molecule has 0 saturated heterocycles. The second-order valence-electron chi connectivity index (χ2n) is 5.34. The van der Waals surface area contributed by atoms with Crippen molar-refractivity contribution in [1.82, 2.24) is 0 Å². The van der Waals surface area contributed by atoms with Crippen LogP contribution in [0, 0.1) is 5.92 Å². The first-order valence-corrected chi connectivity index (χ1v) is 8.83. The predicted octanol–water partition coefficient (Wildman–Crippen LogP) is 6.30. The highest BCUT2D eigenvalue weighted by Gasteiger charge is 2.27. The van der Waals surface area contributed by atoms with Crippen LogP contribution in [0.15, 0.2) is 51.4 Å². The van der Waals surface area contributed by atoms with Gasteiger partial charge in [-0.15, -0.1) is 11.6 Å². The van der Waals surface area contributed by atoms with E-state index in [1.54, 1.807) is 0 Å². The van der Waals surface area contributed by atoms with Crippen molar-refractivity contribution in [3.63, 3.8) is 0 Å². The van der Waals surface area contributed by atoms with E-state index in [0.29, 0.717) is 5.92 Å². The van der Waals surface area contributed by atoms with Crippen molar-refractivity contribution >= 4 is 43.5 Å². The standard InChI is InChI=1S/C17H15Br2Cl/c18-14-7-8-16(19)15(10-14)17(20)13-6-5-11-3-1-2-4-12(11)9-13/h1-4,7-8,10,13,17H,5-6,9H2. The molecule has 104 valence electrons. The zero-order valence-corrected chi connectivity index (χ0v) is 14.9. The van der Waals surface area contributed by atoms with Crippen molar-refractivity contribution in [2.75, 3.05) is 0 Å². The van der Waals surface area contributed by atoms with Crippen LogP contribution in [0.25, 0.3) is 0 Å². The molecular formula is C17H15Br2Cl. The van der Waals surface area contributed by atoms with Gasteiger partial charge in [0.15, 0.2) is 0 Å². The first-order valence-electron chi connectivity index (χ1n) is 6.81. The highest BCUT2D eigenvalue weighted by molar-refractivity contribution is 9.11. The first kappa shape index (κ1) is 14.6. The third kappa shape index (κ3) is 2.98. The largest absolute Gasteiger partial charge is 0.117 e. The molecule has 0 heterocycles. The van der Waals surface area contributed by atoms with Crippen LogP contribution in [-0.4, -0.2) is 0 Å². The summed E-state index contributed by atoms with van der Waals surface area (Å²) in [5.74, 6) is 0.497. The number of hydrogen-bond acceptors (Lipinski definition) is 0. The third-order valence-corrected chi connectivity index (χ3v) is 5.86. The van der Waals surface area contributed by atoms with E-state index < -0.39 is 0 Å². The molecule has 0 amide bonds. The van der Waals surface area contributed by atoms with E-state index in [1.807, 2.05) is 6.07 Å². The van der Waals surface area contributed by atoms with Crippen LogP contribution < -0.4 is 0 Å². The molecule has 2 aromatic carbocycles. The molecule has 1 aliphatic rings. The minimum atomic E-state index is 0.0511. The molecule has 0 radical (unpaired) electrons. The van der Waals surface area contributed by atoms with Gasteiger partial charge in [-0.3, -0.25) is 0 Å². The Kier molecular flexibility index (Phi) is 4.54. The summed E-state index contributed by atoms with van der Waals surface area (Å²) in [7, 11) is 0. The van der Waals surface area contributed by atoms with Crippen LogP contribution >= 0.6 is 43.5 Å². The van der Waals surface area contributed by atoms with Crippen molar-refractivity contribution in [3.05, 3.63) is 68.1 Å². The Morgan fingerprint density at radius 1 is 1.05 bits per heavy atom. The van der Waals surface area contributed by atoms with Crippen LogP contribution in [0.4, 0.5) is 0 Å². The van der Waals surface area contributed by atoms with E-state index >= 15 is 0 Å². The van der Waals surface area contributed by atoms with Crippen LogP contribution in [0.5, 0.6) is 0 Å². The van der Waals surface area contributed by atoms with Gasteiger partial charge in [0.2, 0.25) is 0 Å². The van der Waals surface area contributed by atoms with Gasteiger partial charge in [-0.1, -0.05) is 56.1 Å². The summed E-state index contributed by atoms with van der Waals surface area (Å²) in [6, 6.07) is 15.0. The number of hydrogen-bond donors (Lipinski definition) is 0. The minimum Gasteiger partial charge on any atom is -0.117 e. The highest BCUT2D eigenvalue weighted by atomic mass is 79.9. The quantitative estimate of drug-likeness (QED) is 0.506. The Bertz CT molecular complexity index is 624. The SMILES string of the molecule is ClC(c1cc(Br)ccc1Br)C1CCc2ccccc2C1. The first-order chi connectivity index (χ1) is 9.65. The molecule has 3 heteroatoms. The number of halogens is 3. The van der Waals surface area contributed by atoms with Gasteiger partial charge >= 0.3 is 0 Å². The van der Waals surface area contributed by atoms with E-state index in [1.165, 1.54) is 16.7 Å². The Labute approximate surface area is 141 Å². The van der Waals surface area contributed by atoms with Gasteiger partial charge in [0.25, 0.3) is 0 Å². The summed E-state index contributed by atoms with van der Waals surface area (Å²) in [6.45, 7) is 0. The van der Waals surface area contributed by atoms with Crippen molar-refractivity contribution in [2.45, 2.75) is 24.6 Å². The Morgan fingerprint density at radius 3 is 2.60 bits per heavy atom. The molecule has 0 spiro atoms. The van der Waals surface area contributed by atoms with E-state index in [4.69, 9.17) is 11.6 Å². The van der Waals surface area contributed by atoms with Crippen molar-refractivity contribution in [2.24, 2.45) is 5.92 Å². The highest BCUT2D eigenvalue weighted by Crippen LogP contribution is 2.41. The van der Waals surface area contributed by atoms with Gasteiger partial charge in [-0.05, 0) is 60.1 Å². The molecule has 0 aliphatic heterocycles. The lowest BCUT2D eigenvalue weighted by Gasteiger charge is -2.29. The average Bonchev–Trinajstić information content (AvgIpc) is 2.48. The van der Waals surface area contributed by atoms with E-state index in [0.717, 1.165) is 28.2 Å². The second-order valence-corrected chi connectivity index (χ2v) is 7.58. The Hall–Kier alpha value is -0.310. The average molecular weight is 415 g/mol. The lowest BCUT2D eigenvalue weighted by molar-refractivity contribution is 0.443. The normalized spacial score (nSPS) is 19.4. The molecular weight excluding hydrogens is 399 g/mol. The summed E-state index contributed by atoms with van der Waals surface area (Å²) in [4.78, 5) is 0. The Morgan fingerprint density at radius 2 is 1.80 bits per heavy atom. The van der Waals surface area contributed by atoms with E-state index in [-0.39, 0.29) is 5.38 Å². The summed E-state index contributed by atoms with van der Waals surface area (Å²) < 4.78 is 2.18. The van der Waals surface area contributed by atoms with Gasteiger partial charge in [-0.25, -0.2) is 0 Å².